The van der Waals surface area contributed by atoms with Gasteiger partial charge in [-0.05, 0) is 18.2 Å². The van der Waals surface area contributed by atoms with Gasteiger partial charge in [0.1, 0.15) is 6.33 Å². The van der Waals surface area contributed by atoms with Crippen LogP contribution in [0.25, 0.3) is 0 Å². The van der Waals surface area contributed by atoms with Gasteiger partial charge in [0.2, 0.25) is 0 Å². The molecule has 1 aromatic heterocycles. The van der Waals surface area contributed by atoms with Gasteiger partial charge in [-0.1, -0.05) is 35.0 Å². The summed E-state index contributed by atoms with van der Waals surface area (Å²) in [5, 5.41) is 5.49. The first kappa shape index (κ1) is 13.4. The first-order valence-corrected chi connectivity index (χ1v) is 6.77. The van der Waals surface area contributed by atoms with E-state index in [-0.39, 0.29) is 11.5 Å². The van der Waals surface area contributed by atoms with Crippen LogP contribution in [0.1, 0.15) is 10.4 Å². The third kappa shape index (κ3) is 3.04. The Morgan fingerprint density at radius 1 is 1.44 bits per heavy atom. The molecule has 0 amide bonds. The number of Topliss-reactive ketones (excluding diaryl/α,β-unsaturated/α-hetero) is 1. The highest BCUT2D eigenvalue weighted by molar-refractivity contribution is 7.99. The Balaban J connectivity index is 2.06. The Bertz CT molecular complexity index is 585. The van der Waals surface area contributed by atoms with E-state index >= 15 is 0 Å². The van der Waals surface area contributed by atoms with Crippen LogP contribution in [-0.2, 0) is 7.05 Å². The fourth-order valence-corrected chi connectivity index (χ4v) is 2.62. The van der Waals surface area contributed by atoms with E-state index in [1.807, 2.05) is 0 Å². The Hall–Kier alpha value is -1.04. The van der Waals surface area contributed by atoms with E-state index in [1.54, 1.807) is 29.9 Å². The highest BCUT2D eigenvalue weighted by Crippen LogP contribution is 2.23. The lowest BCUT2D eigenvalue weighted by atomic mass is 10.1. The van der Waals surface area contributed by atoms with Crippen molar-refractivity contribution in [1.29, 1.82) is 0 Å². The maximum atomic E-state index is 12.0. The Kier molecular flexibility index (Phi) is 4.27. The number of hydrogen-bond acceptors (Lipinski definition) is 4. The van der Waals surface area contributed by atoms with Gasteiger partial charge < -0.3 is 0 Å². The molecule has 2 rings (SSSR count). The third-order valence-corrected chi connectivity index (χ3v) is 3.82. The smallest absolute Gasteiger partial charge is 0.186 e. The van der Waals surface area contributed by atoms with Crippen molar-refractivity contribution in [2.45, 2.75) is 5.16 Å². The van der Waals surface area contributed by atoms with Gasteiger partial charge in [0.15, 0.2) is 10.9 Å². The van der Waals surface area contributed by atoms with Crippen molar-refractivity contribution in [2.24, 2.45) is 7.05 Å². The zero-order valence-corrected chi connectivity index (χ0v) is 11.8. The number of carbonyl (C=O) groups excluding carboxylic acids is 1. The topological polar surface area (TPSA) is 47.8 Å². The Labute approximate surface area is 118 Å². The van der Waals surface area contributed by atoms with Crippen molar-refractivity contribution >= 4 is 40.7 Å². The van der Waals surface area contributed by atoms with E-state index in [0.29, 0.717) is 20.8 Å². The number of thioether (sulfide) groups is 1. The van der Waals surface area contributed by atoms with Crippen LogP contribution in [0.3, 0.4) is 0 Å². The number of ketones is 1. The quantitative estimate of drug-likeness (QED) is 0.643. The Morgan fingerprint density at radius 3 is 2.83 bits per heavy atom. The maximum Gasteiger partial charge on any atom is 0.186 e. The molecular weight excluding hydrogens is 293 g/mol. The fourth-order valence-electron chi connectivity index (χ4n) is 1.34. The lowest BCUT2D eigenvalue weighted by Gasteiger charge is -2.03. The second-order valence-electron chi connectivity index (χ2n) is 3.50. The van der Waals surface area contributed by atoms with Crippen LogP contribution in [-0.4, -0.2) is 26.3 Å². The summed E-state index contributed by atoms with van der Waals surface area (Å²) >= 11 is 13.1. The van der Waals surface area contributed by atoms with Crippen molar-refractivity contribution in [3.63, 3.8) is 0 Å². The van der Waals surface area contributed by atoms with Gasteiger partial charge in [-0.25, -0.2) is 9.67 Å². The van der Waals surface area contributed by atoms with Crippen molar-refractivity contribution < 1.29 is 4.79 Å². The maximum absolute atomic E-state index is 12.0. The largest absolute Gasteiger partial charge is 0.293 e. The summed E-state index contributed by atoms with van der Waals surface area (Å²) in [6, 6.07) is 4.83. The summed E-state index contributed by atoms with van der Waals surface area (Å²) in [6.45, 7) is 0. The second-order valence-corrected chi connectivity index (χ2v) is 5.29. The number of rotatable bonds is 4. The van der Waals surface area contributed by atoms with Gasteiger partial charge in [-0.3, -0.25) is 4.79 Å². The molecule has 0 radical (unpaired) electrons. The SMILES string of the molecule is Cn1ncnc1SCC(=O)c1ccc(Cl)cc1Cl. The van der Waals surface area contributed by atoms with Gasteiger partial charge in [-0.15, -0.1) is 0 Å². The molecule has 7 heteroatoms. The standard InChI is InChI=1S/C11H9Cl2N3OS/c1-16-11(14-6-15-16)18-5-10(17)8-3-2-7(12)4-9(8)13/h2-4,6H,5H2,1H3. The summed E-state index contributed by atoms with van der Waals surface area (Å²) in [7, 11) is 1.77. The molecule has 0 aliphatic carbocycles. The molecule has 0 saturated carbocycles. The highest BCUT2D eigenvalue weighted by Gasteiger charge is 2.12. The summed E-state index contributed by atoms with van der Waals surface area (Å²) < 4.78 is 1.61. The number of carbonyl (C=O) groups is 1. The predicted octanol–water partition coefficient (Wildman–Crippen LogP) is 3.10. The lowest BCUT2D eigenvalue weighted by molar-refractivity contribution is 0.102. The van der Waals surface area contributed by atoms with Crippen LogP contribution in [0.4, 0.5) is 0 Å². The molecule has 0 aliphatic heterocycles. The van der Waals surface area contributed by atoms with Crippen LogP contribution >= 0.6 is 35.0 Å². The zero-order chi connectivity index (χ0) is 13.1. The van der Waals surface area contributed by atoms with Crippen LogP contribution in [0.2, 0.25) is 10.0 Å². The molecule has 0 bridgehead atoms. The van der Waals surface area contributed by atoms with Crippen molar-refractivity contribution in [3.8, 4) is 0 Å². The normalized spacial score (nSPS) is 10.6. The van der Waals surface area contributed by atoms with Crippen LogP contribution in [0.15, 0.2) is 29.7 Å². The molecule has 0 unspecified atom stereocenters. The number of aromatic nitrogens is 3. The van der Waals surface area contributed by atoms with Gasteiger partial charge in [0, 0.05) is 17.6 Å². The summed E-state index contributed by atoms with van der Waals surface area (Å²) in [5.41, 5.74) is 0.468. The number of benzene rings is 1. The van der Waals surface area contributed by atoms with Crippen LogP contribution in [0.5, 0.6) is 0 Å². The molecule has 0 spiro atoms. The number of nitrogens with zero attached hydrogens (tertiary/aromatic N) is 3. The van der Waals surface area contributed by atoms with E-state index in [4.69, 9.17) is 23.2 Å². The molecule has 0 saturated heterocycles. The molecule has 0 N–H and O–H groups in total. The van der Waals surface area contributed by atoms with E-state index in [1.165, 1.54) is 18.1 Å². The average Bonchev–Trinajstić information content (AvgIpc) is 2.72. The first-order valence-electron chi connectivity index (χ1n) is 5.03. The van der Waals surface area contributed by atoms with E-state index in [0.717, 1.165) is 0 Å². The van der Waals surface area contributed by atoms with E-state index in [9.17, 15) is 4.79 Å². The van der Waals surface area contributed by atoms with Gasteiger partial charge in [0.05, 0.1) is 10.8 Å². The predicted molar refractivity (Wildman–Crippen MR) is 72.5 cm³/mol. The number of aryl methyl sites for hydroxylation is 1. The van der Waals surface area contributed by atoms with Gasteiger partial charge >= 0.3 is 0 Å². The zero-order valence-electron chi connectivity index (χ0n) is 9.43. The minimum Gasteiger partial charge on any atom is -0.293 e. The molecule has 18 heavy (non-hydrogen) atoms. The van der Waals surface area contributed by atoms with Crippen molar-refractivity contribution in [3.05, 3.63) is 40.1 Å². The molecule has 1 aromatic carbocycles. The molecule has 2 aromatic rings. The minimum atomic E-state index is -0.0651. The van der Waals surface area contributed by atoms with Crippen molar-refractivity contribution in [2.75, 3.05) is 5.75 Å². The molecule has 94 valence electrons. The summed E-state index contributed by atoms with van der Waals surface area (Å²) in [5.74, 6) is 0.193. The van der Waals surface area contributed by atoms with Gasteiger partial charge in [-0.2, -0.15) is 5.10 Å². The summed E-state index contributed by atoms with van der Waals surface area (Å²) in [4.78, 5) is 16.0. The van der Waals surface area contributed by atoms with Crippen LogP contribution < -0.4 is 0 Å². The highest BCUT2D eigenvalue weighted by atomic mass is 35.5. The molecule has 4 nitrogen and oxygen atoms in total. The summed E-state index contributed by atoms with van der Waals surface area (Å²) in [6.07, 6.45) is 1.45. The molecule has 0 aliphatic rings. The lowest BCUT2D eigenvalue weighted by Crippen LogP contribution is -2.04. The average molecular weight is 302 g/mol. The molecule has 0 atom stereocenters. The first-order chi connectivity index (χ1) is 8.58. The Morgan fingerprint density at radius 2 is 2.22 bits per heavy atom. The minimum absolute atomic E-state index is 0.0651. The molecular formula is C11H9Cl2N3OS. The number of halogens is 2. The van der Waals surface area contributed by atoms with E-state index in [2.05, 4.69) is 10.1 Å². The van der Waals surface area contributed by atoms with Gasteiger partial charge in [0.25, 0.3) is 0 Å². The van der Waals surface area contributed by atoms with Crippen LogP contribution in [0, 0.1) is 0 Å². The molecule has 0 fully saturated rings. The third-order valence-electron chi connectivity index (χ3n) is 2.23. The fraction of sp³-hybridized carbons (Fsp3) is 0.182. The van der Waals surface area contributed by atoms with E-state index < -0.39 is 0 Å². The number of hydrogen-bond donors (Lipinski definition) is 0. The monoisotopic (exact) mass is 301 g/mol. The second kappa shape index (κ2) is 5.73. The van der Waals surface area contributed by atoms with Crippen molar-refractivity contribution in [1.82, 2.24) is 14.8 Å². The molecule has 1 heterocycles.